The molecule has 1 aliphatic heterocycles. The van der Waals surface area contributed by atoms with Gasteiger partial charge in [-0.3, -0.25) is 24.0 Å². The van der Waals surface area contributed by atoms with Crippen LogP contribution in [0, 0.1) is 0 Å². The van der Waals surface area contributed by atoms with E-state index in [-0.39, 0.29) is 12.8 Å². The first-order valence-corrected chi connectivity index (χ1v) is 18.5. The molecule has 1 saturated heterocycles. The van der Waals surface area contributed by atoms with Crippen LogP contribution in [0.4, 0.5) is 0 Å². The number of carbonyl (C=O) groups is 6. The maximum Gasteiger partial charge on any atom is 0.330 e. The van der Waals surface area contributed by atoms with Crippen LogP contribution in [-0.2, 0) is 46.3 Å². The average molecular weight is 742 g/mol. The third-order valence-corrected chi connectivity index (χ3v) is 12.0. The molecule has 0 bridgehead atoms. The van der Waals surface area contributed by atoms with Crippen LogP contribution >= 0.6 is 21.6 Å². The topological polar surface area (TPSA) is 195 Å². The Morgan fingerprint density at radius 2 is 1.63 bits per heavy atom. The molecule has 13 nitrogen and oxygen atoms in total. The third-order valence-electron chi connectivity index (χ3n) is 7.87. The summed E-state index contributed by atoms with van der Waals surface area (Å²) in [6.07, 6.45) is 1.23. The van der Waals surface area contributed by atoms with E-state index in [1.807, 2.05) is 6.07 Å². The summed E-state index contributed by atoms with van der Waals surface area (Å²) >= 11 is 0. The molecule has 5 atom stereocenters. The fourth-order valence-electron chi connectivity index (χ4n) is 5.01. The standard InChI is InChI=1S/C36H47N5O8S2/c1-8-36(7)30(34(47)48-21(2)3)41-32(45)27(19-23-12-10-9-11-13-23)39-28(43)20-38-33(46)29(35(5,6)50-51-36)40-31(44)26(37)18-24-14-16-25(17-15-24)49-22(4)42/h8-17,21,26-27,29-30H,1,18-20,37H2,2-7H3,(H,38,46)(H,39,43)(H,40,44)(H,41,45)/t26?,27?,29?,30?,36-/m0/s1. The average Bonchev–Trinajstić information content (AvgIpc) is 3.07. The third kappa shape index (κ3) is 12.1. The number of carbonyl (C=O) groups excluding carboxylic acids is 6. The lowest BCUT2D eigenvalue weighted by Gasteiger charge is -2.39. The minimum atomic E-state index is -1.25. The number of hydrogen-bond donors (Lipinski definition) is 5. The van der Waals surface area contributed by atoms with Crippen molar-refractivity contribution < 1.29 is 38.2 Å². The lowest BCUT2D eigenvalue weighted by Crippen LogP contribution is -2.62. The first kappa shape index (κ1) is 41.1. The van der Waals surface area contributed by atoms with Gasteiger partial charge in [0.05, 0.1) is 23.4 Å². The van der Waals surface area contributed by atoms with Gasteiger partial charge >= 0.3 is 11.9 Å². The van der Waals surface area contributed by atoms with E-state index in [4.69, 9.17) is 15.2 Å². The summed E-state index contributed by atoms with van der Waals surface area (Å²) < 4.78 is 8.33. The van der Waals surface area contributed by atoms with Crippen molar-refractivity contribution in [1.29, 1.82) is 0 Å². The van der Waals surface area contributed by atoms with Crippen molar-refractivity contribution in [2.75, 3.05) is 6.54 Å². The number of ether oxygens (including phenoxy) is 2. The highest BCUT2D eigenvalue weighted by molar-refractivity contribution is 8.77. The molecule has 2 aromatic carbocycles. The van der Waals surface area contributed by atoms with Crippen LogP contribution in [0.5, 0.6) is 5.75 Å². The summed E-state index contributed by atoms with van der Waals surface area (Å²) in [6.45, 7) is 13.3. The van der Waals surface area contributed by atoms with Gasteiger partial charge in [-0.25, -0.2) is 4.79 Å². The second kappa shape index (κ2) is 18.2. The van der Waals surface area contributed by atoms with E-state index < -0.39 is 81.9 Å². The van der Waals surface area contributed by atoms with Crippen molar-refractivity contribution in [2.24, 2.45) is 5.73 Å². The molecule has 6 N–H and O–H groups in total. The van der Waals surface area contributed by atoms with Crippen molar-refractivity contribution in [3.8, 4) is 5.75 Å². The molecule has 0 saturated carbocycles. The lowest BCUT2D eigenvalue weighted by atomic mass is 9.99. The van der Waals surface area contributed by atoms with Crippen LogP contribution in [0.1, 0.15) is 52.7 Å². The summed E-state index contributed by atoms with van der Waals surface area (Å²) in [4.78, 5) is 79.1. The van der Waals surface area contributed by atoms with Gasteiger partial charge in [0.15, 0.2) is 0 Å². The Bertz CT molecular complexity index is 1590. The normalized spacial score (nSPS) is 23.4. The van der Waals surface area contributed by atoms with Gasteiger partial charge in [-0.2, -0.15) is 0 Å². The zero-order valence-corrected chi connectivity index (χ0v) is 31.3. The van der Waals surface area contributed by atoms with Gasteiger partial charge < -0.3 is 36.5 Å². The molecule has 276 valence electrons. The van der Waals surface area contributed by atoms with E-state index in [9.17, 15) is 28.8 Å². The van der Waals surface area contributed by atoms with Crippen molar-refractivity contribution in [2.45, 2.75) is 94.1 Å². The highest BCUT2D eigenvalue weighted by atomic mass is 33.1. The van der Waals surface area contributed by atoms with Crippen LogP contribution < -0.4 is 31.7 Å². The Kier molecular flexibility index (Phi) is 14.7. The van der Waals surface area contributed by atoms with E-state index in [1.54, 1.807) is 83.1 Å². The number of rotatable bonds is 10. The van der Waals surface area contributed by atoms with Gasteiger partial charge in [-0.05, 0) is 64.3 Å². The van der Waals surface area contributed by atoms with Crippen molar-refractivity contribution >= 4 is 57.2 Å². The van der Waals surface area contributed by atoms with E-state index >= 15 is 0 Å². The van der Waals surface area contributed by atoms with Crippen LogP contribution in [0.25, 0.3) is 0 Å². The number of esters is 2. The quantitative estimate of drug-likeness (QED) is 0.104. The SMILES string of the molecule is C=C[C@]1(C)SSC(C)(C)C(NC(=O)C(N)Cc2ccc(OC(C)=O)cc2)C(=O)NCC(=O)NC(Cc2ccccc2)C(=O)NC1C(=O)OC(C)C. The molecular formula is C36H47N5O8S2. The zero-order chi connectivity index (χ0) is 37.9. The fraction of sp³-hybridized carbons (Fsp3) is 0.444. The molecule has 1 heterocycles. The van der Waals surface area contributed by atoms with E-state index in [1.165, 1.54) is 34.6 Å². The Morgan fingerprint density at radius 3 is 2.22 bits per heavy atom. The number of benzene rings is 2. The van der Waals surface area contributed by atoms with E-state index in [2.05, 4.69) is 27.8 Å². The summed E-state index contributed by atoms with van der Waals surface area (Å²) in [6, 6.07) is 10.9. The molecule has 2 aromatic rings. The zero-order valence-electron chi connectivity index (χ0n) is 29.6. The highest BCUT2D eigenvalue weighted by Crippen LogP contribution is 2.47. The Labute approximate surface area is 306 Å². The number of hydrogen-bond acceptors (Lipinski definition) is 11. The molecule has 0 aromatic heterocycles. The molecule has 1 aliphatic rings. The molecular weight excluding hydrogens is 695 g/mol. The molecule has 0 aliphatic carbocycles. The summed E-state index contributed by atoms with van der Waals surface area (Å²) in [5, 5.41) is 10.8. The van der Waals surface area contributed by atoms with E-state index in [0.717, 1.165) is 5.56 Å². The highest BCUT2D eigenvalue weighted by Gasteiger charge is 2.46. The molecule has 0 radical (unpaired) electrons. The predicted octanol–water partition coefficient (Wildman–Crippen LogP) is 2.36. The Balaban J connectivity index is 1.94. The van der Waals surface area contributed by atoms with Gasteiger partial charge in [-0.15, -0.1) is 6.58 Å². The minimum Gasteiger partial charge on any atom is -0.461 e. The smallest absolute Gasteiger partial charge is 0.330 e. The van der Waals surface area contributed by atoms with Gasteiger partial charge in [0.25, 0.3) is 0 Å². The molecule has 4 amide bonds. The monoisotopic (exact) mass is 741 g/mol. The maximum absolute atomic E-state index is 13.8. The summed E-state index contributed by atoms with van der Waals surface area (Å²) in [5.74, 6) is -3.40. The minimum absolute atomic E-state index is 0.0983. The van der Waals surface area contributed by atoms with E-state index in [0.29, 0.717) is 11.3 Å². The van der Waals surface area contributed by atoms with Crippen LogP contribution in [-0.4, -0.2) is 81.9 Å². The fourth-order valence-corrected chi connectivity index (χ4v) is 7.95. The lowest BCUT2D eigenvalue weighted by molar-refractivity contribution is -0.152. The van der Waals surface area contributed by atoms with Gasteiger partial charge in [-0.1, -0.05) is 70.1 Å². The molecule has 15 heteroatoms. The predicted molar refractivity (Wildman–Crippen MR) is 197 cm³/mol. The molecule has 51 heavy (non-hydrogen) atoms. The first-order chi connectivity index (χ1) is 23.9. The second-order valence-electron chi connectivity index (χ2n) is 13.1. The first-order valence-electron chi connectivity index (χ1n) is 16.4. The summed E-state index contributed by atoms with van der Waals surface area (Å²) in [5.41, 5.74) is 7.73. The molecule has 0 spiro atoms. The van der Waals surface area contributed by atoms with Crippen molar-refractivity contribution in [1.82, 2.24) is 21.3 Å². The number of amides is 4. The molecule has 1 fully saturated rings. The second-order valence-corrected chi connectivity index (χ2v) is 16.4. The largest absolute Gasteiger partial charge is 0.461 e. The Hall–Kier alpha value is -4.34. The van der Waals surface area contributed by atoms with Crippen LogP contribution in [0.15, 0.2) is 67.3 Å². The summed E-state index contributed by atoms with van der Waals surface area (Å²) in [7, 11) is 2.36. The maximum atomic E-state index is 13.8. The number of nitrogens with two attached hydrogens (primary N) is 1. The van der Waals surface area contributed by atoms with Crippen LogP contribution in [0.3, 0.4) is 0 Å². The Morgan fingerprint density at radius 1 is 0.980 bits per heavy atom. The van der Waals surface area contributed by atoms with Gasteiger partial charge in [0.2, 0.25) is 23.6 Å². The van der Waals surface area contributed by atoms with Crippen molar-refractivity contribution in [3.05, 3.63) is 78.4 Å². The van der Waals surface area contributed by atoms with Crippen molar-refractivity contribution in [3.63, 3.8) is 0 Å². The number of nitrogens with one attached hydrogen (secondary N) is 4. The molecule has 3 rings (SSSR count). The van der Waals surface area contributed by atoms with Crippen LogP contribution in [0.2, 0.25) is 0 Å². The van der Waals surface area contributed by atoms with Gasteiger partial charge in [0, 0.05) is 18.1 Å². The molecule has 4 unspecified atom stereocenters. The van der Waals surface area contributed by atoms with Gasteiger partial charge in [0.1, 0.15) is 23.9 Å².